The SMILES string of the molecule is CC1CCC2(C(=O)OC3OC(CO)C(O)C(O)C3O)CCC3(C)C(=CCC4C5(C)CCC(O)C(C=O)(CO)C5CCC43C)C2C1(C)O. The van der Waals surface area contributed by atoms with Gasteiger partial charge in [-0.25, -0.2) is 0 Å². The Bertz CT molecular complexity index is 1280. The van der Waals surface area contributed by atoms with Gasteiger partial charge in [0.1, 0.15) is 30.7 Å². The van der Waals surface area contributed by atoms with Crippen molar-refractivity contribution in [2.45, 2.75) is 135 Å². The first-order chi connectivity index (χ1) is 21.9. The van der Waals surface area contributed by atoms with Crippen LogP contribution in [-0.2, 0) is 19.1 Å². The maximum atomic E-state index is 14.5. The van der Waals surface area contributed by atoms with Crippen molar-refractivity contribution in [1.82, 2.24) is 0 Å². The molecule has 0 aromatic heterocycles. The number of allylic oxidation sites excluding steroid dienone is 1. The Morgan fingerprint density at radius 1 is 0.936 bits per heavy atom. The number of ether oxygens (including phenoxy) is 2. The van der Waals surface area contributed by atoms with Gasteiger partial charge < -0.3 is 50.0 Å². The van der Waals surface area contributed by atoms with E-state index in [9.17, 15) is 45.3 Å². The summed E-state index contributed by atoms with van der Waals surface area (Å²) in [5.74, 6) is -1.39. The van der Waals surface area contributed by atoms with Crippen molar-refractivity contribution in [1.29, 1.82) is 0 Å². The summed E-state index contributed by atoms with van der Waals surface area (Å²) in [7, 11) is 0. The molecule has 7 N–H and O–H groups in total. The molecule has 4 saturated carbocycles. The predicted octanol–water partition coefficient (Wildman–Crippen LogP) is 1.61. The minimum atomic E-state index is -1.72. The van der Waals surface area contributed by atoms with Crippen LogP contribution in [0.3, 0.4) is 0 Å². The van der Waals surface area contributed by atoms with E-state index in [-0.39, 0.29) is 35.2 Å². The van der Waals surface area contributed by atoms with Gasteiger partial charge in [-0.1, -0.05) is 39.3 Å². The molecule has 0 spiro atoms. The summed E-state index contributed by atoms with van der Waals surface area (Å²) in [6.07, 6.45) is -0.313. The molecule has 16 unspecified atom stereocenters. The molecular weight excluding hydrogens is 608 g/mol. The Labute approximate surface area is 277 Å². The molecular formula is C36H56O11. The summed E-state index contributed by atoms with van der Waals surface area (Å²) in [5, 5.41) is 74.9. The van der Waals surface area contributed by atoms with Crippen molar-refractivity contribution in [3.8, 4) is 0 Å². The Hall–Kier alpha value is -1.44. The topological polar surface area (TPSA) is 194 Å². The van der Waals surface area contributed by atoms with E-state index in [0.717, 1.165) is 24.7 Å². The number of aliphatic hydroxyl groups is 7. The minimum Gasteiger partial charge on any atom is -0.432 e. The van der Waals surface area contributed by atoms with Gasteiger partial charge in [-0.15, -0.1) is 0 Å². The smallest absolute Gasteiger partial charge is 0.315 e. The molecule has 6 rings (SSSR count). The van der Waals surface area contributed by atoms with Gasteiger partial charge >= 0.3 is 5.97 Å². The van der Waals surface area contributed by atoms with Crippen LogP contribution in [0.15, 0.2) is 11.6 Å². The summed E-state index contributed by atoms with van der Waals surface area (Å²) in [5.41, 5.74) is -3.57. The molecule has 0 amide bonds. The maximum absolute atomic E-state index is 14.5. The second-order valence-corrected chi connectivity index (χ2v) is 17.1. The average Bonchev–Trinajstić information content (AvgIpc) is 3.03. The Kier molecular flexibility index (Phi) is 8.70. The van der Waals surface area contributed by atoms with Crippen LogP contribution in [0.1, 0.15) is 92.4 Å². The first-order valence-electron chi connectivity index (χ1n) is 17.6. The molecule has 0 bridgehead atoms. The van der Waals surface area contributed by atoms with Crippen LogP contribution >= 0.6 is 0 Å². The third kappa shape index (κ3) is 4.52. The third-order valence-electron chi connectivity index (χ3n) is 15.5. The van der Waals surface area contributed by atoms with Crippen LogP contribution in [0.2, 0.25) is 0 Å². The van der Waals surface area contributed by atoms with E-state index in [1.54, 1.807) is 6.92 Å². The number of aldehydes is 1. The fourth-order valence-electron chi connectivity index (χ4n) is 12.2. The van der Waals surface area contributed by atoms with Crippen molar-refractivity contribution in [3.05, 3.63) is 11.6 Å². The largest absolute Gasteiger partial charge is 0.432 e. The normalized spacial score (nSPS) is 55.8. The third-order valence-corrected chi connectivity index (χ3v) is 15.5. The van der Waals surface area contributed by atoms with E-state index in [0.29, 0.717) is 44.9 Å². The molecule has 266 valence electrons. The van der Waals surface area contributed by atoms with Crippen molar-refractivity contribution >= 4 is 12.3 Å². The number of fused-ring (bicyclic) bond motifs is 7. The van der Waals surface area contributed by atoms with Gasteiger partial charge in [0, 0.05) is 5.92 Å². The summed E-state index contributed by atoms with van der Waals surface area (Å²) in [4.78, 5) is 27.0. The Morgan fingerprint density at radius 3 is 2.28 bits per heavy atom. The lowest BCUT2D eigenvalue weighted by Crippen LogP contribution is -2.69. The molecule has 16 atom stereocenters. The monoisotopic (exact) mass is 664 g/mol. The Morgan fingerprint density at radius 2 is 1.64 bits per heavy atom. The number of hydrogen-bond donors (Lipinski definition) is 7. The number of aliphatic hydroxyl groups excluding tert-OH is 6. The van der Waals surface area contributed by atoms with Gasteiger partial charge in [-0.05, 0) is 98.7 Å². The summed E-state index contributed by atoms with van der Waals surface area (Å²) < 4.78 is 11.4. The first-order valence-corrected chi connectivity index (χ1v) is 17.6. The number of carbonyl (C=O) groups excluding carboxylic acids is 2. The van der Waals surface area contributed by atoms with E-state index in [2.05, 4.69) is 26.8 Å². The quantitative estimate of drug-likeness (QED) is 0.128. The summed E-state index contributed by atoms with van der Waals surface area (Å²) in [6.45, 7) is 9.58. The van der Waals surface area contributed by atoms with E-state index >= 15 is 0 Å². The average molecular weight is 665 g/mol. The van der Waals surface area contributed by atoms with Crippen LogP contribution in [0.4, 0.5) is 0 Å². The number of carbonyl (C=O) groups is 2. The zero-order valence-corrected chi connectivity index (χ0v) is 28.5. The van der Waals surface area contributed by atoms with E-state index in [1.165, 1.54) is 0 Å². The highest BCUT2D eigenvalue weighted by Gasteiger charge is 2.72. The molecule has 1 aliphatic heterocycles. The zero-order chi connectivity index (χ0) is 34.5. The van der Waals surface area contributed by atoms with Gasteiger partial charge in [0.05, 0.1) is 35.7 Å². The molecule has 1 saturated heterocycles. The lowest BCUT2D eigenvalue weighted by Gasteiger charge is -2.71. The standard InChI is InChI=1S/C36H56O11/c1-19-8-13-35(30(44)47-29-27(43)26(42)25(41)21(16-37)46-29)15-14-32(3)20(28(35)34(19,5)45)6-7-22-31(2)11-10-24(40)36(17-38,18-39)23(31)9-12-33(22,32)4/h6,17,19,21-29,37,39-43,45H,7-16,18H2,1-5H3. The van der Waals surface area contributed by atoms with E-state index in [1.807, 2.05) is 6.92 Å². The number of esters is 1. The van der Waals surface area contributed by atoms with Crippen molar-refractivity contribution in [2.24, 2.45) is 50.7 Å². The van der Waals surface area contributed by atoms with Gasteiger partial charge in [0.25, 0.3) is 0 Å². The van der Waals surface area contributed by atoms with E-state index in [4.69, 9.17) is 9.47 Å². The minimum absolute atomic E-state index is 0.125. The van der Waals surface area contributed by atoms with Crippen LogP contribution < -0.4 is 0 Å². The maximum Gasteiger partial charge on any atom is 0.315 e. The van der Waals surface area contributed by atoms with Crippen LogP contribution in [0.5, 0.6) is 0 Å². The summed E-state index contributed by atoms with van der Waals surface area (Å²) >= 11 is 0. The fraction of sp³-hybridized carbons (Fsp3) is 0.889. The molecule has 47 heavy (non-hydrogen) atoms. The van der Waals surface area contributed by atoms with Gasteiger partial charge in [0.15, 0.2) is 0 Å². The number of hydrogen-bond acceptors (Lipinski definition) is 11. The first kappa shape index (κ1) is 35.4. The fourth-order valence-corrected chi connectivity index (χ4v) is 12.2. The highest BCUT2D eigenvalue weighted by Crippen LogP contribution is 2.76. The van der Waals surface area contributed by atoms with Crippen LogP contribution in [0.25, 0.3) is 0 Å². The molecule has 6 aliphatic rings. The van der Waals surface area contributed by atoms with Gasteiger partial charge in [0.2, 0.25) is 6.29 Å². The second-order valence-electron chi connectivity index (χ2n) is 17.1. The van der Waals surface area contributed by atoms with Crippen molar-refractivity contribution in [3.63, 3.8) is 0 Å². The Balaban J connectivity index is 1.39. The number of rotatable bonds is 5. The zero-order valence-electron chi connectivity index (χ0n) is 28.5. The van der Waals surface area contributed by atoms with Crippen LogP contribution in [-0.4, -0.2) is 104 Å². The lowest BCUT2D eigenvalue weighted by atomic mass is 9.33. The highest BCUT2D eigenvalue weighted by molar-refractivity contribution is 5.79. The molecule has 0 radical (unpaired) electrons. The molecule has 0 aromatic rings. The second kappa shape index (κ2) is 11.5. The van der Waals surface area contributed by atoms with Crippen molar-refractivity contribution in [2.75, 3.05) is 13.2 Å². The molecule has 11 heteroatoms. The molecule has 5 aliphatic carbocycles. The van der Waals surface area contributed by atoms with Crippen molar-refractivity contribution < 1.29 is 54.8 Å². The van der Waals surface area contributed by atoms with Gasteiger partial charge in [-0.3, -0.25) is 4.79 Å². The predicted molar refractivity (Wildman–Crippen MR) is 168 cm³/mol. The van der Waals surface area contributed by atoms with Gasteiger partial charge in [-0.2, -0.15) is 0 Å². The lowest BCUT2D eigenvalue weighted by molar-refractivity contribution is -0.299. The highest BCUT2D eigenvalue weighted by atomic mass is 16.7. The summed E-state index contributed by atoms with van der Waals surface area (Å²) in [6, 6.07) is 0. The molecule has 1 heterocycles. The molecule has 11 nitrogen and oxygen atoms in total. The molecule has 0 aromatic carbocycles. The molecule has 5 fully saturated rings. The van der Waals surface area contributed by atoms with E-state index < -0.39 is 77.1 Å². The van der Waals surface area contributed by atoms with Crippen LogP contribution in [0, 0.1) is 50.7 Å².